The highest BCUT2D eigenvalue weighted by atomic mass is 16.5. The minimum Gasteiger partial charge on any atom is -0.497 e. The van der Waals surface area contributed by atoms with Crippen molar-refractivity contribution in [1.29, 1.82) is 0 Å². The van der Waals surface area contributed by atoms with Crippen LogP contribution in [0.25, 0.3) is 10.9 Å². The van der Waals surface area contributed by atoms with Gasteiger partial charge in [0.05, 0.1) is 13.0 Å². The number of nitrogens with zero attached hydrogens (tertiary/aromatic N) is 2. The zero-order valence-electron chi connectivity index (χ0n) is 13.9. The second-order valence-corrected chi connectivity index (χ2v) is 6.76. The Kier molecular flexibility index (Phi) is 3.48. The van der Waals surface area contributed by atoms with Gasteiger partial charge in [-0.05, 0) is 36.6 Å². The standard InChI is InChI=1S/C18H21N3O3/c1-20-6-5-11-9-21(10-14(11)17(20)22)18(23)16-8-12-7-13(24-2)3-4-15(12)19-16/h3-4,7-8,11,14,19H,5-6,9-10H2,1-2H3/t11-,14+/m1/s1. The number of likely N-dealkylation sites (tertiary alicyclic amines) is 2. The second kappa shape index (κ2) is 5.54. The van der Waals surface area contributed by atoms with Crippen LogP contribution in [0, 0.1) is 11.8 Å². The first-order valence-electron chi connectivity index (χ1n) is 8.28. The van der Waals surface area contributed by atoms with Crippen LogP contribution in [0.5, 0.6) is 5.75 Å². The molecule has 2 fully saturated rings. The summed E-state index contributed by atoms with van der Waals surface area (Å²) in [5.41, 5.74) is 1.48. The monoisotopic (exact) mass is 327 g/mol. The lowest BCUT2D eigenvalue weighted by molar-refractivity contribution is -0.137. The van der Waals surface area contributed by atoms with Crippen molar-refractivity contribution in [2.45, 2.75) is 6.42 Å². The molecule has 0 unspecified atom stereocenters. The van der Waals surface area contributed by atoms with Crippen molar-refractivity contribution in [3.63, 3.8) is 0 Å². The summed E-state index contributed by atoms with van der Waals surface area (Å²) >= 11 is 0. The number of H-pyrrole nitrogens is 1. The molecule has 2 saturated heterocycles. The van der Waals surface area contributed by atoms with Crippen molar-refractivity contribution in [3.8, 4) is 5.75 Å². The minimum atomic E-state index is -0.0443. The third-order valence-corrected chi connectivity index (χ3v) is 5.32. The quantitative estimate of drug-likeness (QED) is 0.913. The van der Waals surface area contributed by atoms with E-state index >= 15 is 0 Å². The summed E-state index contributed by atoms with van der Waals surface area (Å²) in [6.07, 6.45) is 0.973. The normalized spacial score (nSPS) is 23.7. The molecule has 1 N–H and O–H groups in total. The number of amides is 2. The SMILES string of the molecule is COc1ccc2[nH]c(C(=O)N3C[C@H]4CCN(C)C(=O)[C@H]4C3)cc2c1. The van der Waals surface area contributed by atoms with Crippen LogP contribution in [-0.4, -0.2) is 60.4 Å². The van der Waals surface area contributed by atoms with Gasteiger partial charge in [-0.1, -0.05) is 0 Å². The van der Waals surface area contributed by atoms with Crippen LogP contribution < -0.4 is 4.74 Å². The van der Waals surface area contributed by atoms with Crippen LogP contribution in [0.2, 0.25) is 0 Å². The molecule has 4 rings (SSSR count). The van der Waals surface area contributed by atoms with E-state index in [1.54, 1.807) is 12.0 Å². The zero-order chi connectivity index (χ0) is 16.8. The first-order chi connectivity index (χ1) is 11.6. The van der Waals surface area contributed by atoms with E-state index in [1.165, 1.54) is 0 Å². The van der Waals surface area contributed by atoms with Gasteiger partial charge in [-0.25, -0.2) is 0 Å². The number of carbonyl (C=O) groups excluding carboxylic acids is 2. The fourth-order valence-electron chi connectivity index (χ4n) is 3.89. The number of carbonyl (C=O) groups is 2. The van der Waals surface area contributed by atoms with Gasteiger partial charge in [-0.3, -0.25) is 9.59 Å². The number of benzene rings is 1. The van der Waals surface area contributed by atoms with E-state index in [9.17, 15) is 9.59 Å². The van der Waals surface area contributed by atoms with Crippen molar-refractivity contribution in [2.75, 3.05) is 33.8 Å². The number of hydrogen-bond donors (Lipinski definition) is 1. The maximum Gasteiger partial charge on any atom is 0.270 e. The van der Waals surface area contributed by atoms with Crippen molar-refractivity contribution < 1.29 is 14.3 Å². The number of ether oxygens (including phenoxy) is 1. The molecule has 0 bridgehead atoms. The first-order valence-corrected chi connectivity index (χ1v) is 8.28. The molecule has 6 heteroatoms. The molecule has 2 atom stereocenters. The number of rotatable bonds is 2. The van der Waals surface area contributed by atoms with Crippen LogP contribution in [-0.2, 0) is 4.79 Å². The summed E-state index contributed by atoms with van der Waals surface area (Å²) in [6, 6.07) is 7.54. The second-order valence-electron chi connectivity index (χ2n) is 6.76. The molecule has 2 amide bonds. The van der Waals surface area contributed by atoms with Gasteiger partial charge in [-0.2, -0.15) is 0 Å². The summed E-state index contributed by atoms with van der Waals surface area (Å²) in [4.78, 5) is 31.9. The number of piperidine rings is 1. The molecular weight excluding hydrogens is 306 g/mol. The van der Waals surface area contributed by atoms with E-state index < -0.39 is 0 Å². The largest absolute Gasteiger partial charge is 0.497 e. The third kappa shape index (κ3) is 2.33. The van der Waals surface area contributed by atoms with Gasteiger partial charge >= 0.3 is 0 Å². The Morgan fingerprint density at radius 2 is 2.12 bits per heavy atom. The Bertz CT molecular complexity index is 813. The van der Waals surface area contributed by atoms with Gasteiger partial charge < -0.3 is 19.5 Å². The maximum atomic E-state index is 12.8. The van der Waals surface area contributed by atoms with Crippen LogP contribution in [0.4, 0.5) is 0 Å². The van der Waals surface area contributed by atoms with E-state index in [2.05, 4.69) is 4.98 Å². The Labute approximate surface area is 140 Å². The summed E-state index contributed by atoms with van der Waals surface area (Å²) in [6.45, 7) is 1.97. The molecule has 0 radical (unpaired) electrons. The Balaban J connectivity index is 1.57. The van der Waals surface area contributed by atoms with E-state index in [0.717, 1.165) is 29.6 Å². The summed E-state index contributed by atoms with van der Waals surface area (Å²) in [7, 11) is 3.47. The molecule has 0 aliphatic carbocycles. The maximum absolute atomic E-state index is 12.8. The van der Waals surface area contributed by atoms with Gasteiger partial charge in [0.1, 0.15) is 11.4 Å². The minimum absolute atomic E-state index is 0.0324. The van der Waals surface area contributed by atoms with Gasteiger partial charge in [-0.15, -0.1) is 0 Å². The summed E-state index contributed by atoms with van der Waals surface area (Å²) < 4.78 is 5.23. The van der Waals surface area contributed by atoms with Crippen molar-refractivity contribution >= 4 is 22.7 Å². The third-order valence-electron chi connectivity index (χ3n) is 5.32. The summed E-state index contributed by atoms with van der Waals surface area (Å²) in [5.74, 6) is 1.15. The predicted octanol–water partition coefficient (Wildman–Crippen LogP) is 1.73. The van der Waals surface area contributed by atoms with Gasteiger partial charge in [0.15, 0.2) is 0 Å². The highest BCUT2D eigenvalue weighted by Crippen LogP contribution is 2.32. The van der Waals surface area contributed by atoms with Crippen LogP contribution in [0.15, 0.2) is 24.3 Å². The fourth-order valence-corrected chi connectivity index (χ4v) is 3.89. The average Bonchev–Trinajstić information content (AvgIpc) is 3.21. The molecule has 0 saturated carbocycles. The van der Waals surface area contributed by atoms with Gasteiger partial charge in [0.2, 0.25) is 5.91 Å². The summed E-state index contributed by atoms with van der Waals surface area (Å²) in [5, 5.41) is 0.949. The lowest BCUT2D eigenvalue weighted by atomic mass is 9.88. The van der Waals surface area contributed by atoms with E-state index in [4.69, 9.17) is 4.74 Å². The number of hydrogen-bond acceptors (Lipinski definition) is 3. The molecule has 2 aromatic rings. The van der Waals surface area contributed by atoms with E-state index in [-0.39, 0.29) is 17.7 Å². The van der Waals surface area contributed by atoms with Crippen molar-refractivity contribution in [1.82, 2.24) is 14.8 Å². The highest BCUT2D eigenvalue weighted by Gasteiger charge is 2.43. The first kappa shape index (κ1) is 15.1. The Hall–Kier alpha value is -2.50. The highest BCUT2D eigenvalue weighted by molar-refractivity contribution is 5.99. The van der Waals surface area contributed by atoms with E-state index in [0.29, 0.717) is 24.7 Å². The van der Waals surface area contributed by atoms with Crippen LogP contribution in [0.3, 0.4) is 0 Å². The number of methoxy groups -OCH3 is 1. The number of fused-ring (bicyclic) bond motifs is 2. The van der Waals surface area contributed by atoms with Crippen LogP contribution >= 0.6 is 0 Å². The fraction of sp³-hybridized carbons (Fsp3) is 0.444. The molecule has 24 heavy (non-hydrogen) atoms. The zero-order valence-corrected chi connectivity index (χ0v) is 13.9. The Morgan fingerprint density at radius 1 is 1.29 bits per heavy atom. The molecule has 1 aromatic carbocycles. The number of aromatic amines is 1. The molecule has 0 spiro atoms. The van der Waals surface area contributed by atoms with Crippen molar-refractivity contribution in [2.24, 2.45) is 11.8 Å². The molecule has 2 aliphatic heterocycles. The molecule has 3 heterocycles. The molecular formula is C18H21N3O3. The smallest absolute Gasteiger partial charge is 0.270 e. The topological polar surface area (TPSA) is 65.6 Å². The van der Waals surface area contributed by atoms with E-state index in [1.807, 2.05) is 36.2 Å². The Morgan fingerprint density at radius 3 is 2.92 bits per heavy atom. The molecule has 126 valence electrons. The van der Waals surface area contributed by atoms with Crippen LogP contribution in [0.1, 0.15) is 16.9 Å². The molecule has 1 aromatic heterocycles. The van der Waals surface area contributed by atoms with Crippen molar-refractivity contribution in [3.05, 3.63) is 30.0 Å². The average molecular weight is 327 g/mol. The van der Waals surface area contributed by atoms with Gasteiger partial charge in [0, 0.05) is 37.6 Å². The lowest BCUT2D eigenvalue weighted by Gasteiger charge is -2.30. The molecule has 2 aliphatic rings. The molecule has 6 nitrogen and oxygen atoms in total. The lowest BCUT2D eigenvalue weighted by Crippen LogP contribution is -2.42. The number of nitrogens with one attached hydrogen (secondary N) is 1. The van der Waals surface area contributed by atoms with Gasteiger partial charge in [0.25, 0.3) is 5.91 Å². The predicted molar refractivity (Wildman–Crippen MR) is 90.0 cm³/mol. The number of aromatic nitrogens is 1.